The van der Waals surface area contributed by atoms with Gasteiger partial charge in [-0.15, -0.1) is 11.3 Å². The first-order valence-electron chi connectivity index (χ1n) is 7.41. The standard InChI is InChI=1S/C16H16N2O3S2/c1-11-6-7-14(22-11)23(20,21)18-9-8-16(10-18)12-4-2-3-5-13(12)17-15(16)19/h2-7H,8-10H2,1H3,(H,17,19). The van der Waals surface area contributed by atoms with Gasteiger partial charge in [0.1, 0.15) is 4.21 Å². The second-order valence-electron chi connectivity index (χ2n) is 6.04. The lowest BCUT2D eigenvalue weighted by molar-refractivity contribution is -0.120. The van der Waals surface area contributed by atoms with Crippen LogP contribution in [-0.2, 0) is 20.2 Å². The number of fused-ring (bicyclic) bond motifs is 2. The van der Waals surface area contributed by atoms with Crippen LogP contribution in [0.2, 0.25) is 0 Å². The van der Waals surface area contributed by atoms with E-state index in [-0.39, 0.29) is 12.5 Å². The van der Waals surface area contributed by atoms with Gasteiger partial charge in [0.05, 0.1) is 5.41 Å². The van der Waals surface area contributed by atoms with Crippen LogP contribution in [0.1, 0.15) is 16.9 Å². The number of amides is 1. The molecule has 2 aromatic rings. The minimum absolute atomic E-state index is 0.0984. The van der Waals surface area contributed by atoms with Crippen LogP contribution in [0.15, 0.2) is 40.6 Å². The number of anilines is 1. The Balaban J connectivity index is 1.71. The monoisotopic (exact) mass is 348 g/mol. The average Bonchev–Trinajstić information content (AvgIpc) is 3.21. The van der Waals surface area contributed by atoms with Crippen LogP contribution in [0.4, 0.5) is 5.69 Å². The number of hydrogen-bond acceptors (Lipinski definition) is 4. The molecule has 1 amide bonds. The number of nitrogens with one attached hydrogen (secondary N) is 1. The summed E-state index contributed by atoms with van der Waals surface area (Å²) in [4.78, 5) is 13.5. The predicted molar refractivity (Wildman–Crippen MR) is 89.2 cm³/mol. The third kappa shape index (κ3) is 2.07. The van der Waals surface area contributed by atoms with Gasteiger partial charge in [0.15, 0.2) is 0 Å². The van der Waals surface area contributed by atoms with Crippen molar-refractivity contribution in [3.05, 3.63) is 46.8 Å². The maximum atomic E-state index is 12.8. The normalized spacial score (nSPS) is 24.1. The van der Waals surface area contributed by atoms with E-state index in [2.05, 4.69) is 5.32 Å². The summed E-state index contributed by atoms with van der Waals surface area (Å²) in [5.41, 5.74) is 0.949. The third-order valence-corrected chi connectivity index (χ3v) is 7.98. The molecular formula is C16H16N2O3S2. The minimum Gasteiger partial charge on any atom is -0.325 e. The zero-order valence-electron chi connectivity index (χ0n) is 12.6. The van der Waals surface area contributed by atoms with E-state index in [1.807, 2.05) is 31.2 Å². The smallest absolute Gasteiger partial charge is 0.252 e. The fraction of sp³-hybridized carbons (Fsp3) is 0.312. The molecule has 0 bridgehead atoms. The number of carbonyl (C=O) groups is 1. The zero-order chi connectivity index (χ0) is 16.2. The highest BCUT2D eigenvalue weighted by Crippen LogP contribution is 2.45. The van der Waals surface area contributed by atoms with Crippen molar-refractivity contribution < 1.29 is 13.2 Å². The Morgan fingerprint density at radius 3 is 2.74 bits per heavy atom. The van der Waals surface area contributed by atoms with Crippen LogP contribution >= 0.6 is 11.3 Å². The molecule has 3 heterocycles. The van der Waals surface area contributed by atoms with Crippen LogP contribution in [-0.4, -0.2) is 31.7 Å². The quantitative estimate of drug-likeness (QED) is 0.906. The summed E-state index contributed by atoms with van der Waals surface area (Å²) in [6, 6.07) is 11.0. The molecule has 1 atom stereocenters. The molecule has 1 spiro atoms. The van der Waals surface area contributed by atoms with Crippen molar-refractivity contribution in [2.75, 3.05) is 18.4 Å². The van der Waals surface area contributed by atoms with Crippen molar-refractivity contribution in [2.45, 2.75) is 23.0 Å². The number of sulfonamides is 1. The van der Waals surface area contributed by atoms with Gasteiger partial charge in [0.2, 0.25) is 5.91 Å². The Bertz CT molecular complexity index is 904. The van der Waals surface area contributed by atoms with Gasteiger partial charge in [-0.05, 0) is 37.1 Å². The first-order valence-corrected chi connectivity index (χ1v) is 9.67. The molecule has 2 aliphatic heterocycles. The highest BCUT2D eigenvalue weighted by molar-refractivity contribution is 7.91. The van der Waals surface area contributed by atoms with E-state index in [1.54, 1.807) is 12.1 Å². The van der Waals surface area contributed by atoms with Gasteiger partial charge < -0.3 is 5.32 Å². The third-order valence-electron chi connectivity index (χ3n) is 4.67. The molecule has 23 heavy (non-hydrogen) atoms. The predicted octanol–water partition coefficient (Wildman–Crippen LogP) is 2.34. The molecule has 5 nitrogen and oxygen atoms in total. The highest BCUT2D eigenvalue weighted by atomic mass is 32.2. The molecule has 4 rings (SSSR count). The van der Waals surface area contributed by atoms with Gasteiger partial charge in [0, 0.05) is 23.7 Å². The lowest BCUT2D eigenvalue weighted by Gasteiger charge is -2.22. The van der Waals surface area contributed by atoms with E-state index in [9.17, 15) is 13.2 Å². The Morgan fingerprint density at radius 2 is 2.00 bits per heavy atom. The summed E-state index contributed by atoms with van der Waals surface area (Å²) < 4.78 is 27.4. The Kier molecular flexibility index (Phi) is 3.16. The van der Waals surface area contributed by atoms with Crippen molar-refractivity contribution in [3.63, 3.8) is 0 Å². The van der Waals surface area contributed by atoms with Crippen LogP contribution in [0.25, 0.3) is 0 Å². The lowest BCUT2D eigenvalue weighted by atomic mass is 9.81. The summed E-state index contributed by atoms with van der Waals surface area (Å²) in [6.07, 6.45) is 0.513. The summed E-state index contributed by atoms with van der Waals surface area (Å²) in [5, 5.41) is 2.89. The summed E-state index contributed by atoms with van der Waals surface area (Å²) in [5.74, 6) is -0.0984. The molecule has 0 aliphatic carbocycles. The second-order valence-corrected chi connectivity index (χ2v) is 9.49. The summed E-state index contributed by atoms with van der Waals surface area (Å²) in [7, 11) is -3.54. The Labute approximate surface area is 139 Å². The van der Waals surface area contributed by atoms with E-state index >= 15 is 0 Å². The lowest BCUT2D eigenvalue weighted by Crippen LogP contribution is -2.39. The Morgan fingerprint density at radius 1 is 1.22 bits per heavy atom. The van der Waals surface area contributed by atoms with Gasteiger partial charge in [-0.2, -0.15) is 4.31 Å². The molecule has 0 saturated carbocycles. The first-order chi connectivity index (χ1) is 10.9. The number of para-hydroxylation sites is 1. The highest BCUT2D eigenvalue weighted by Gasteiger charge is 2.53. The number of aryl methyl sites for hydroxylation is 1. The number of rotatable bonds is 2. The van der Waals surface area contributed by atoms with E-state index in [0.717, 1.165) is 16.1 Å². The molecule has 0 radical (unpaired) electrons. The van der Waals surface area contributed by atoms with Crippen molar-refractivity contribution in [1.29, 1.82) is 0 Å². The van der Waals surface area contributed by atoms with Gasteiger partial charge in [-0.25, -0.2) is 8.42 Å². The number of hydrogen-bond donors (Lipinski definition) is 1. The molecule has 120 valence electrons. The van der Waals surface area contributed by atoms with Crippen molar-refractivity contribution in [2.24, 2.45) is 0 Å². The fourth-order valence-corrected chi connectivity index (χ4v) is 6.37. The van der Waals surface area contributed by atoms with E-state index < -0.39 is 15.4 Å². The molecule has 1 aromatic heterocycles. The zero-order valence-corrected chi connectivity index (χ0v) is 14.2. The van der Waals surface area contributed by atoms with Gasteiger partial charge in [-0.3, -0.25) is 4.79 Å². The van der Waals surface area contributed by atoms with Crippen LogP contribution in [0, 0.1) is 6.92 Å². The van der Waals surface area contributed by atoms with Gasteiger partial charge in [0.25, 0.3) is 10.0 Å². The topological polar surface area (TPSA) is 66.5 Å². The molecule has 1 saturated heterocycles. The molecule has 1 N–H and O–H groups in total. The largest absolute Gasteiger partial charge is 0.325 e. The maximum absolute atomic E-state index is 12.8. The molecule has 1 aromatic carbocycles. The number of nitrogens with zero attached hydrogens (tertiary/aromatic N) is 1. The number of thiophene rings is 1. The second kappa shape index (κ2) is 4.90. The van der Waals surface area contributed by atoms with Crippen LogP contribution in [0.5, 0.6) is 0 Å². The average molecular weight is 348 g/mol. The van der Waals surface area contributed by atoms with Gasteiger partial charge in [-0.1, -0.05) is 18.2 Å². The van der Waals surface area contributed by atoms with Crippen molar-refractivity contribution in [1.82, 2.24) is 4.31 Å². The SMILES string of the molecule is Cc1ccc(S(=O)(=O)N2CCC3(C2)C(=O)Nc2ccccc23)s1. The van der Waals surface area contributed by atoms with E-state index in [4.69, 9.17) is 0 Å². The van der Waals surface area contributed by atoms with Crippen molar-refractivity contribution in [3.8, 4) is 0 Å². The van der Waals surface area contributed by atoms with E-state index in [0.29, 0.717) is 17.2 Å². The van der Waals surface area contributed by atoms with Crippen LogP contribution < -0.4 is 5.32 Å². The maximum Gasteiger partial charge on any atom is 0.252 e. The molecule has 2 aliphatic rings. The summed E-state index contributed by atoms with van der Waals surface area (Å²) in [6.45, 7) is 2.45. The number of carbonyl (C=O) groups excluding carboxylic acids is 1. The van der Waals surface area contributed by atoms with Crippen LogP contribution in [0.3, 0.4) is 0 Å². The molecule has 7 heteroatoms. The first kappa shape index (κ1) is 14.9. The Hall–Kier alpha value is -1.70. The minimum atomic E-state index is -3.54. The van der Waals surface area contributed by atoms with E-state index in [1.165, 1.54) is 15.6 Å². The van der Waals surface area contributed by atoms with Gasteiger partial charge >= 0.3 is 0 Å². The summed E-state index contributed by atoms with van der Waals surface area (Å²) >= 11 is 1.27. The molecule has 1 fully saturated rings. The number of benzene rings is 1. The fourth-order valence-electron chi connectivity index (χ4n) is 3.44. The molecular weight excluding hydrogens is 332 g/mol. The molecule has 1 unspecified atom stereocenters. The van der Waals surface area contributed by atoms with Crippen molar-refractivity contribution >= 4 is 33.0 Å².